The number of β-amino-alcohol motifs (C(OH)–C–C–N with tert-alkyl or cyclic N) is 1. The third-order valence-electron chi connectivity index (χ3n) is 4.26. The molecule has 3 atom stereocenters. The Labute approximate surface area is 156 Å². The number of carbonyl (C=O) groups excluding carboxylic acids is 1. The Morgan fingerprint density at radius 1 is 1.52 bits per heavy atom. The number of hydrogen-bond acceptors (Lipinski definition) is 5. The van der Waals surface area contributed by atoms with Crippen molar-refractivity contribution >= 4 is 29.7 Å². The van der Waals surface area contributed by atoms with E-state index in [9.17, 15) is 14.3 Å². The molecule has 1 aromatic heterocycles. The third-order valence-corrected chi connectivity index (χ3v) is 5.24. The molecule has 136 valence electrons. The van der Waals surface area contributed by atoms with Crippen LogP contribution in [0.15, 0.2) is 23.7 Å². The van der Waals surface area contributed by atoms with Gasteiger partial charge in [0.25, 0.3) is 0 Å². The van der Waals surface area contributed by atoms with E-state index in [1.807, 2.05) is 13.0 Å². The molecule has 2 aromatic rings. The predicted octanol–water partition coefficient (Wildman–Crippen LogP) is 2.58. The maximum absolute atomic E-state index is 14.5. The normalized spacial score (nSPS) is 20.8. The van der Waals surface area contributed by atoms with E-state index in [2.05, 4.69) is 15.6 Å². The number of aryl methyl sites for hydroxylation is 1. The van der Waals surface area contributed by atoms with Crippen LogP contribution in [0.3, 0.4) is 0 Å². The topological polar surface area (TPSA) is 74.2 Å². The van der Waals surface area contributed by atoms with Gasteiger partial charge in [0.1, 0.15) is 5.82 Å². The molecule has 1 amide bonds. The first-order chi connectivity index (χ1) is 11.5. The summed E-state index contributed by atoms with van der Waals surface area (Å²) < 4.78 is 14.5. The van der Waals surface area contributed by atoms with Crippen LogP contribution in [0.5, 0.6) is 0 Å². The van der Waals surface area contributed by atoms with Crippen LogP contribution in [0.1, 0.15) is 30.6 Å². The van der Waals surface area contributed by atoms with E-state index >= 15 is 0 Å². The molecule has 1 aliphatic heterocycles. The maximum Gasteiger partial charge on any atom is 0.237 e. The molecule has 0 radical (unpaired) electrons. The molecular weight excluding hydrogens is 365 g/mol. The molecule has 25 heavy (non-hydrogen) atoms. The highest BCUT2D eigenvalue weighted by Crippen LogP contribution is 2.30. The molecular formula is C17H21ClFN3O2S. The minimum atomic E-state index is -0.505. The average Bonchev–Trinajstić information content (AvgIpc) is 3.15. The Hall–Kier alpha value is -1.54. The monoisotopic (exact) mass is 385 g/mol. The summed E-state index contributed by atoms with van der Waals surface area (Å²) in [5.74, 6) is -0.576. The maximum atomic E-state index is 14.5. The number of hydrogen-bond donors (Lipinski definition) is 3. The third kappa shape index (κ3) is 4.36. The van der Waals surface area contributed by atoms with Gasteiger partial charge in [-0.25, -0.2) is 9.37 Å². The van der Waals surface area contributed by atoms with Gasteiger partial charge >= 0.3 is 0 Å². The SMILES string of the molecule is Cc1ncsc1-c1ccc([C@H](C)NC(=O)[C@@H]2C[C@@H](O)CN2)c(F)c1.Cl. The molecule has 1 saturated heterocycles. The van der Waals surface area contributed by atoms with Crippen LogP contribution in [0.2, 0.25) is 0 Å². The van der Waals surface area contributed by atoms with Crippen molar-refractivity contribution in [3.8, 4) is 10.4 Å². The first-order valence-electron chi connectivity index (χ1n) is 7.87. The van der Waals surface area contributed by atoms with Crippen molar-refractivity contribution in [2.75, 3.05) is 6.54 Å². The van der Waals surface area contributed by atoms with Crippen LogP contribution < -0.4 is 10.6 Å². The van der Waals surface area contributed by atoms with Crippen LogP contribution in [-0.2, 0) is 4.79 Å². The molecule has 0 aliphatic carbocycles. The fourth-order valence-electron chi connectivity index (χ4n) is 2.91. The van der Waals surface area contributed by atoms with E-state index in [4.69, 9.17) is 0 Å². The van der Waals surface area contributed by atoms with Gasteiger partial charge in [-0.05, 0) is 31.9 Å². The highest BCUT2D eigenvalue weighted by Gasteiger charge is 2.29. The average molecular weight is 386 g/mol. The lowest BCUT2D eigenvalue weighted by Gasteiger charge is -2.18. The standard InChI is InChI=1S/C17H20FN3O2S.ClH/c1-9(21-17(23)15-6-12(22)7-19-15)13-4-3-11(5-14(13)18)16-10(2)20-8-24-16;/h3-5,8-9,12,15,19,22H,6-7H2,1-2H3,(H,21,23);1H/t9-,12+,15-;/m0./s1. The van der Waals surface area contributed by atoms with Gasteiger partial charge in [-0.2, -0.15) is 0 Å². The van der Waals surface area contributed by atoms with E-state index in [0.29, 0.717) is 18.5 Å². The zero-order chi connectivity index (χ0) is 17.3. The lowest BCUT2D eigenvalue weighted by Crippen LogP contribution is -2.41. The zero-order valence-electron chi connectivity index (χ0n) is 14.0. The first kappa shape index (κ1) is 19.8. The number of thiazole rings is 1. The molecule has 0 spiro atoms. The van der Waals surface area contributed by atoms with Gasteiger partial charge in [-0.15, -0.1) is 23.7 Å². The van der Waals surface area contributed by atoms with Gasteiger partial charge < -0.3 is 15.7 Å². The predicted molar refractivity (Wildman–Crippen MR) is 98.5 cm³/mol. The number of carbonyl (C=O) groups is 1. The van der Waals surface area contributed by atoms with Crippen molar-refractivity contribution in [3.05, 3.63) is 40.8 Å². The summed E-state index contributed by atoms with van der Waals surface area (Å²) in [4.78, 5) is 17.3. The summed E-state index contributed by atoms with van der Waals surface area (Å²) in [5, 5.41) is 15.2. The van der Waals surface area contributed by atoms with E-state index in [-0.39, 0.29) is 24.1 Å². The van der Waals surface area contributed by atoms with Crippen molar-refractivity contribution < 1.29 is 14.3 Å². The Morgan fingerprint density at radius 2 is 2.28 bits per heavy atom. The van der Waals surface area contributed by atoms with Gasteiger partial charge in [0.15, 0.2) is 0 Å². The number of aliphatic hydroxyl groups is 1. The fourth-order valence-corrected chi connectivity index (χ4v) is 3.71. The van der Waals surface area contributed by atoms with Crippen LogP contribution in [0.4, 0.5) is 4.39 Å². The fraction of sp³-hybridized carbons (Fsp3) is 0.412. The highest BCUT2D eigenvalue weighted by atomic mass is 35.5. The highest BCUT2D eigenvalue weighted by molar-refractivity contribution is 7.13. The number of rotatable bonds is 4. The number of aliphatic hydroxyl groups excluding tert-OH is 1. The summed E-state index contributed by atoms with van der Waals surface area (Å²) in [6.45, 7) is 4.05. The second-order valence-electron chi connectivity index (χ2n) is 6.08. The van der Waals surface area contributed by atoms with Crippen LogP contribution in [0, 0.1) is 12.7 Å². The van der Waals surface area contributed by atoms with Gasteiger partial charge in [0, 0.05) is 12.1 Å². The summed E-state index contributed by atoms with van der Waals surface area (Å²) in [7, 11) is 0. The largest absolute Gasteiger partial charge is 0.392 e. The molecule has 5 nitrogen and oxygen atoms in total. The Kier molecular flexibility index (Phi) is 6.51. The van der Waals surface area contributed by atoms with Gasteiger partial charge in [-0.3, -0.25) is 4.79 Å². The molecule has 0 saturated carbocycles. The molecule has 0 unspecified atom stereocenters. The van der Waals surface area contributed by atoms with Crippen molar-refractivity contribution in [3.63, 3.8) is 0 Å². The lowest BCUT2D eigenvalue weighted by molar-refractivity contribution is -0.123. The van der Waals surface area contributed by atoms with Crippen LogP contribution >= 0.6 is 23.7 Å². The Bertz CT molecular complexity index is 755. The summed E-state index contributed by atoms with van der Waals surface area (Å²) in [6, 6.07) is 4.15. The molecule has 1 aromatic carbocycles. The molecule has 0 bridgehead atoms. The van der Waals surface area contributed by atoms with E-state index in [1.165, 1.54) is 17.4 Å². The van der Waals surface area contributed by atoms with Crippen LogP contribution in [0.25, 0.3) is 10.4 Å². The minimum absolute atomic E-state index is 0. The van der Waals surface area contributed by atoms with Crippen molar-refractivity contribution in [2.24, 2.45) is 0 Å². The summed E-state index contributed by atoms with van der Waals surface area (Å²) in [6.07, 6.45) is -0.125. The summed E-state index contributed by atoms with van der Waals surface area (Å²) in [5.41, 5.74) is 3.84. The Morgan fingerprint density at radius 3 is 2.84 bits per heavy atom. The van der Waals surface area contributed by atoms with Gasteiger partial charge in [0.2, 0.25) is 5.91 Å². The van der Waals surface area contributed by atoms with Gasteiger partial charge in [-0.1, -0.05) is 12.1 Å². The number of halogens is 2. The minimum Gasteiger partial charge on any atom is -0.392 e. The van der Waals surface area contributed by atoms with Crippen LogP contribution in [-0.4, -0.2) is 34.7 Å². The van der Waals surface area contributed by atoms with E-state index in [1.54, 1.807) is 18.5 Å². The second-order valence-corrected chi connectivity index (χ2v) is 6.94. The Balaban J connectivity index is 0.00000225. The number of amides is 1. The zero-order valence-corrected chi connectivity index (χ0v) is 15.6. The molecule has 8 heteroatoms. The van der Waals surface area contributed by atoms with Crippen molar-refractivity contribution in [1.29, 1.82) is 0 Å². The molecule has 1 aliphatic rings. The second kappa shape index (κ2) is 8.23. The van der Waals surface area contributed by atoms with E-state index in [0.717, 1.165) is 16.1 Å². The number of nitrogens with zero attached hydrogens (tertiary/aromatic N) is 1. The smallest absolute Gasteiger partial charge is 0.237 e. The number of nitrogens with one attached hydrogen (secondary N) is 2. The van der Waals surface area contributed by atoms with Gasteiger partial charge in [0.05, 0.1) is 34.3 Å². The number of benzene rings is 1. The first-order valence-corrected chi connectivity index (χ1v) is 8.75. The molecule has 1 fully saturated rings. The quantitative estimate of drug-likeness (QED) is 0.756. The molecule has 3 rings (SSSR count). The van der Waals surface area contributed by atoms with Crippen molar-refractivity contribution in [2.45, 2.75) is 38.5 Å². The molecule has 3 N–H and O–H groups in total. The number of aromatic nitrogens is 1. The van der Waals surface area contributed by atoms with Crippen molar-refractivity contribution in [1.82, 2.24) is 15.6 Å². The molecule has 2 heterocycles. The van der Waals surface area contributed by atoms with E-state index < -0.39 is 18.2 Å². The summed E-state index contributed by atoms with van der Waals surface area (Å²) >= 11 is 1.47. The lowest BCUT2D eigenvalue weighted by atomic mass is 10.0.